The Balaban J connectivity index is 2.15. The summed E-state index contributed by atoms with van der Waals surface area (Å²) >= 11 is 0. The summed E-state index contributed by atoms with van der Waals surface area (Å²) in [6.07, 6.45) is 0. The fourth-order valence-electron chi connectivity index (χ4n) is 2.26. The monoisotopic (exact) mass is 301 g/mol. The Bertz CT molecular complexity index is 702. The summed E-state index contributed by atoms with van der Waals surface area (Å²) in [5.74, 6) is 0.494. The maximum atomic E-state index is 12.4. The van der Waals surface area contributed by atoms with Gasteiger partial charge in [-0.2, -0.15) is 0 Å². The summed E-state index contributed by atoms with van der Waals surface area (Å²) < 4.78 is 10.2. The molecule has 1 heterocycles. The molecule has 0 saturated carbocycles. The number of hydrogen-bond donors (Lipinski definition) is 0. The molecule has 2 rings (SSSR count). The Morgan fingerprint density at radius 1 is 1.18 bits per heavy atom. The average molecular weight is 301 g/mol. The number of furan rings is 1. The highest BCUT2D eigenvalue weighted by atomic mass is 16.5. The summed E-state index contributed by atoms with van der Waals surface area (Å²) in [7, 11) is 3.02. The van der Waals surface area contributed by atoms with Crippen LogP contribution in [-0.4, -0.2) is 30.9 Å². The third-order valence-electron chi connectivity index (χ3n) is 3.49. The lowest BCUT2D eigenvalue weighted by atomic mass is 10.1. The van der Waals surface area contributed by atoms with Crippen LogP contribution in [0, 0.1) is 13.8 Å². The first-order valence-corrected chi connectivity index (χ1v) is 6.92. The normalized spacial score (nSPS) is 10.4. The van der Waals surface area contributed by atoms with E-state index in [2.05, 4.69) is 4.74 Å². The summed E-state index contributed by atoms with van der Waals surface area (Å²) in [5, 5.41) is 0. The summed E-state index contributed by atoms with van der Waals surface area (Å²) in [6.45, 7) is 3.87. The smallest absolute Gasteiger partial charge is 0.341 e. The summed E-state index contributed by atoms with van der Waals surface area (Å²) in [6, 6.07) is 9.03. The number of aryl methyl sites for hydroxylation is 2. The predicted molar refractivity (Wildman–Crippen MR) is 81.8 cm³/mol. The molecule has 0 N–H and O–H groups in total. The van der Waals surface area contributed by atoms with Gasteiger partial charge in [0.15, 0.2) is 0 Å². The van der Waals surface area contributed by atoms with Crippen LogP contribution >= 0.6 is 0 Å². The van der Waals surface area contributed by atoms with Crippen molar-refractivity contribution in [2.24, 2.45) is 0 Å². The number of methoxy groups -OCH3 is 1. The molecule has 5 nitrogen and oxygen atoms in total. The summed E-state index contributed by atoms with van der Waals surface area (Å²) in [4.78, 5) is 25.6. The van der Waals surface area contributed by atoms with Gasteiger partial charge in [0, 0.05) is 12.6 Å². The molecule has 0 aliphatic rings. The number of nitrogens with zero attached hydrogens (tertiary/aromatic N) is 1. The van der Waals surface area contributed by atoms with Crippen LogP contribution in [0.4, 0.5) is 0 Å². The molecule has 0 radical (unpaired) electrons. The van der Waals surface area contributed by atoms with E-state index in [0.29, 0.717) is 22.6 Å². The second kappa shape index (κ2) is 6.47. The lowest BCUT2D eigenvalue weighted by molar-refractivity contribution is 0.0598. The average Bonchev–Trinajstić information content (AvgIpc) is 2.86. The highest BCUT2D eigenvalue weighted by Gasteiger charge is 2.19. The SMILES string of the molecule is COC(=O)c1cc(CN(C)C(=O)c2ccccc2C)oc1C. The molecular formula is C17H19NO4. The molecule has 116 valence electrons. The Labute approximate surface area is 129 Å². The van der Waals surface area contributed by atoms with Crippen LogP contribution in [-0.2, 0) is 11.3 Å². The first kappa shape index (κ1) is 15.8. The van der Waals surface area contributed by atoms with Gasteiger partial charge in [-0.05, 0) is 31.5 Å². The van der Waals surface area contributed by atoms with Gasteiger partial charge in [0.2, 0.25) is 0 Å². The molecule has 1 aromatic heterocycles. The number of rotatable bonds is 4. The van der Waals surface area contributed by atoms with E-state index in [1.165, 1.54) is 7.11 Å². The fourth-order valence-corrected chi connectivity index (χ4v) is 2.26. The van der Waals surface area contributed by atoms with Gasteiger partial charge < -0.3 is 14.1 Å². The third kappa shape index (κ3) is 3.19. The van der Waals surface area contributed by atoms with Crippen LogP contribution in [0.5, 0.6) is 0 Å². The molecule has 5 heteroatoms. The van der Waals surface area contributed by atoms with Crippen molar-refractivity contribution < 1.29 is 18.7 Å². The largest absolute Gasteiger partial charge is 0.465 e. The van der Waals surface area contributed by atoms with Gasteiger partial charge in [-0.15, -0.1) is 0 Å². The van der Waals surface area contributed by atoms with Crippen LogP contribution in [0.1, 0.15) is 37.8 Å². The van der Waals surface area contributed by atoms with Gasteiger partial charge in [0.1, 0.15) is 17.1 Å². The topological polar surface area (TPSA) is 59.8 Å². The minimum absolute atomic E-state index is 0.0910. The van der Waals surface area contributed by atoms with E-state index in [1.54, 1.807) is 31.0 Å². The third-order valence-corrected chi connectivity index (χ3v) is 3.49. The maximum Gasteiger partial charge on any atom is 0.341 e. The van der Waals surface area contributed by atoms with Gasteiger partial charge in [0.25, 0.3) is 5.91 Å². The number of esters is 1. The number of hydrogen-bond acceptors (Lipinski definition) is 4. The van der Waals surface area contributed by atoms with Gasteiger partial charge >= 0.3 is 5.97 Å². The molecule has 1 aromatic carbocycles. The molecule has 0 atom stereocenters. The van der Waals surface area contributed by atoms with Crippen LogP contribution in [0.25, 0.3) is 0 Å². The minimum Gasteiger partial charge on any atom is -0.465 e. The maximum absolute atomic E-state index is 12.4. The van der Waals surface area contributed by atoms with Crippen LogP contribution in [0.3, 0.4) is 0 Å². The Morgan fingerprint density at radius 2 is 1.86 bits per heavy atom. The molecule has 0 fully saturated rings. The van der Waals surface area contributed by atoms with Crippen molar-refractivity contribution in [3.8, 4) is 0 Å². The van der Waals surface area contributed by atoms with Gasteiger partial charge in [-0.25, -0.2) is 4.79 Å². The van der Waals surface area contributed by atoms with Gasteiger partial charge in [0.05, 0.1) is 13.7 Å². The van der Waals surface area contributed by atoms with Crippen LogP contribution in [0.15, 0.2) is 34.7 Å². The number of benzene rings is 1. The number of amides is 1. The first-order chi connectivity index (χ1) is 10.4. The lowest BCUT2D eigenvalue weighted by Gasteiger charge is -2.17. The Hall–Kier alpha value is -2.56. The molecule has 0 unspecified atom stereocenters. The van der Waals surface area contributed by atoms with Crippen molar-refractivity contribution in [2.75, 3.05) is 14.2 Å². The van der Waals surface area contributed by atoms with E-state index >= 15 is 0 Å². The molecule has 0 saturated heterocycles. The zero-order chi connectivity index (χ0) is 16.3. The lowest BCUT2D eigenvalue weighted by Crippen LogP contribution is -2.26. The molecule has 2 aromatic rings. The minimum atomic E-state index is -0.444. The molecule has 0 bridgehead atoms. The molecule has 0 aliphatic carbocycles. The Kier molecular flexibility index (Phi) is 4.65. The van der Waals surface area contributed by atoms with E-state index in [4.69, 9.17) is 4.42 Å². The second-order valence-electron chi connectivity index (χ2n) is 5.15. The zero-order valence-corrected chi connectivity index (χ0v) is 13.2. The van der Waals surface area contributed by atoms with Gasteiger partial charge in [-0.3, -0.25) is 4.79 Å². The molecule has 0 aliphatic heterocycles. The quantitative estimate of drug-likeness (QED) is 0.815. The van der Waals surface area contributed by atoms with Crippen molar-refractivity contribution in [2.45, 2.75) is 20.4 Å². The summed E-state index contributed by atoms with van der Waals surface area (Å²) in [5.41, 5.74) is 1.96. The van der Waals surface area contributed by atoms with E-state index in [1.807, 2.05) is 25.1 Å². The predicted octanol–water partition coefficient (Wildman–Crippen LogP) is 2.96. The van der Waals surface area contributed by atoms with Crippen molar-refractivity contribution in [1.29, 1.82) is 0 Å². The van der Waals surface area contributed by atoms with E-state index in [-0.39, 0.29) is 12.5 Å². The standard InChI is InChI=1S/C17H19NO4/c1-11-7-5-6-8-14(11)16(19)18(3)10-13-9-15(12(2)22-13)17(20)21-4/h5-9H,10H2,1-4H3. The first-order valence-electron chi connectivity index (χ1n) is 6.92. The number of carbonyl (C=O) groups excluding carboxylic acids is 2. The van der Waals surface area contributed by atoms with E-state index < -0.39 is 5.97 Å². The number of carbonyl (C=O) groups is 2. The van der Waals surface area contributed by atoms with Crippen molar-refractivity contribution in [3.63, 3.8) is 0 Å². The van der Waals surface area contributed by atoms with Crippen LogP contribution < -0.4 is 0 Å². The molecule has 0 spiro atoms. The highest BCUT2D eigenvalue weighted by Crippen LogP contribution is 2.18. The van der Waals surface area contributed by atoms with Crippen LogP contribution in [0.2, 0.25) is 0 Å². The number of ether oxygens (including phenoxy) is 1. The Morgan fingerprint density at radius 3 is 2.50 bits per heavy atom. The van der Waals surface area contributed by atoms with E-state index in [9.17, 15) is 9.59 Å². The van der Waals surface area contributed by atoms with Gasteiger partial charge in [-0.1, -0.05) is 18.2 Å². The van der Waals surface area contributed by atoms with Crippen molar-refractivity contribution >= 4 is 11.9 Å². The highest BCUT2D eigenvalue weighted by molar-refractivity contribution is 5.95. The second-order valence-corrected chi connectivity index (χ2v) is 5.15. The molecular weight excluding hydrogens is 282 g/mol. The molecule has 1 amide bonds. The van der Waals surface area contributed by atoms with Crippen molar-refractivity contribution in [3.05, 3.63) is 58.5 Å². The van der Waals surface area contributed by atoms with Crippen molar-refractivity contribution in [1.82, 2.24) is 4.90 Å². The zero-order valence-electron chi connectivity index (χ0n) is 13.2. The molecule has 22 heavy (non-hydrogen) atoms. The fraction of sp³-hybridized carbons (Fsp3) is 0.294. The van der Waals surface area contributed by atoms with E-state index in [0.717, 1.165) is 5.56 Å².